The number of halogens is 2. The number of rotatable bonds is 7. The van der Waals surface area contributed by atoms with E-state index in [0.717, 1.165) is 22.4 Å². The summed E-state index contributed by atoms with van der Waals surface area (Å²) >= 11 is 12.5. The van der Waals surface area contributed by atoms with Crippen molar-refractivity contribution in [2.24, 2.45) is 5.73 Å². The number of aliphatic hydroxyl groups is 1. The van der Waals surface area contributed by atoms with Gasteiger partial charge in [-0.05, 0) is 35.7 Å². The van der Waals surface area contributed by atoms with E-state index in [1.54, 1.807) is 18.1 Å². The monoisotopic (exact) mass is 434 g/mol. The van der Waals surface area contributed by atoms with Gasteiger partial charge in [0.15, 0.2) is 6.23 Å². The molecule has 1 atom stereocenters. The fraction of sp³-hybridized carbons (Fsp3) is 0.273. The van der Waals surface area contributed by atoms with Gasteiger partial charge in [0.25, 0.3) is 0 Å². The Morgan fingerprint density at radius 3 is 2.55 bits per heavy atom. The van der Waals surface area contributed by atoms with E-state index < -0.39 is 6.23 Å². The van der Waals surface area contributed by atoms with Gasteiger partial charge in [-0.15, -0.1) is 0 Å². The molecule has 2 aromatic rings. The molecular weight excluding hydrogens is 411 g/mol. The Morgan fingerprint density at radius 1 is 1.14 bits per heavy atom. The van der Waals surface area contributed by atoms with E-state index in [2.05, 4.69) is 0 Å². The van der Waals surface area contributed by atoms with Crippen molar-refractivity contribution in [3.05, 3.63) is 86.7 Å². The van der Waals surface area contributed by atoms with Crippen molar-refractivity contribution in [3.8, 4) is 5.75 Å². The molecule has 7 heteroatoms. The largest absolute Gasteiger partial charge is 0.495 e. The molecule has 5 nitrogen and oxygen atoms in total. The van der Waals surface area contributed by atoms with E-state index >= 15 is 0 Å². The zero-order chi connectivity index (χ0) is 21.0. The molecule has 0 aliphatic carbocycles. The first-order chi connectivity index (χ1) is 13.9. The number of nitrogens with zero attached hydrogens (tertiary/aromatic N) is 1. The standard InChI is InChI=1S/C22H24Cl2N2O3/c1-14-9-20(29-13-17-6-4-3-5-16(17)11-25)21(24)22(27)26(14)12-15-7-8-18(23)19(10-15)28-2/h3-10,22,27H,11-13,25H2,1-2H3. The first kappa shape index (κ1) is 21.5. The number of ether oxygens (including phenoxy) is 2. The Balaban J connectivity index is 1.74. The lowest BCUT2D eigenvalue weighted by Crippen LogP contribution is -2.36. The molecule has 3 rings (SSSR count). The van der Waals surface area contributed by atoms with E-state index in [9.17, 15) is 5.11 Å². The molecule has 0 saturated carbocycles. The maximum atomic E-state index is 10.8. The number of hydrogen-bond acceptors (Lipinski definition) is 5. The highest BCUT2D eigenvalue weighted by molar-refractivity contribution is 6.32. The second-order valence-corrected chi connectivity index (χ2v) is 7.54. The van der Waals surface area contributed by atoms with Gasteiger partial charge in [0.05, 0.1) is 12.1 Å². The number of allylic oxidation sites excluding steroid dienone is 2. The van der Waals surface area contributed by atoms with Crippen LogP contribution in [0.1, 0.15) is 23.6 Å². The lowest BCUT2D eigenvalue weighted by molar-refractivity contribution is 0.0483. The smallest absolute Gasteiger partial charge is 0.167 e. The van der Waals surface area contributed by atoms with Gasteiger partial charge in [0, 0.05) is 24.9 Å². The van der Waals surface area contributed by atoms with Crippen molar-refractivity contribution in [1.82, 2.24) is 4.90 Å². The lowest BCUT2D eigenvalue weighted by atomic mass is 10.1. The summed E-state index contributed by atoms with van der Waals surface area (Å²) in [6, 6.07) is 13.3. The number of methoxy groups -OCH3 is 1. The fourth-order valence-corrected chi connectivity index (χ4v) is 3.59. The van der Waals surface area contributed by atoms with Gasteiger partial charge in [-0.3, -0.25) is 0 Å². The molecule has 0 bridgehead atoms. The quantitative estimate of drug-likeness (QED) is 0.670. The van der Waals surface area contributed by atoms with Crippen LogP contribution in [0.5, 0.6) is 5.75 Å². The van der Waals surface area contributed by atoms with E-state index in [0.29, 0.717) is 36.2 Å². The van der Waals surface area contributed by atoms with Gasteiger partial charge in [0.1, 0.15) is 23.1 Å². The van der Waals surface area contributed by atoms with Crippen LogP contribution >= 0.6 is 23.2 Å². The molecule has 0 aromatic heterocycles. The zero-order valence-corrected chi connectivity index (χ0v) is 17.9. The van der Waals surface area contributed by atoms with Crippen LogP contribution in [0.15, 0.2) is 65.0 Å². The zero-order valence-electron chi connectivity index (χ0n) is 16.4. The highest BCUT2D eigenvalue weighted by atomic mass is 35.5. The molecule has 1 aliphatic rings. The predicted molar refractivity (Wildman–Crippen MR) is 115 cm³/mol. The highest BCUT2D eigenvalue weighted by Gasteiger charge is 2.27. The molecule has 0 fully saturated rings. The number of nitrogens with two attached hydrogens (primary N) is 1. The lowest BCUT2D eigenvalue weighted by Gasteiger charge is -2.34. The van der Waals surface area contributed by atoms with Crippen molar-refractivity contribution in [2.45, 2.75) is 32.8 Å². The molecule has 2 aromatic carbocycles. The van der Waals surface area contributed by atoms with Crippen LogP contribution in [-0.2, 0) is 24.4 Å². The number of benzene rings is 2. The Kier molecular flexibility index (Phi) is 7.09. The van der Waals surface area contributed by atoms with Crippen molar-refractivity contribution in [3.63, 3.8) is 0 Å². The van der Waals surface area contributed by atoms with Crippen LogP contribution in [-0.4, -0.2) is 23.3 Å². The third-order valence-electron chi connectivity index (χ3n) is 4.84. The van der Waals surface area contributed by atoms with Crippen LogP contribution < -0.4 is 10.5 Å². The van der Waals surface area contributed by atoms with Gasteiger partial charge in [-0.2, -0.15) is 0 Å². The van der Waals surface area contributed by atoms with Crippen LogP contribution in [0.25, 0.3) is 0 Å². The minimum Gasteiger partial charge on any atom is -0.495 e. The molecule has 0 amide bonds. The highest BCUT2D eigenvalue weighted by Crippen LogP contribution is 2.32. The Hall–Kier alpha value is -2.18. The van der Waals surface area contributed by atoms with Gasteiger partial charge < -0.3 is 25.2 Å². The first-order valence-electron chi connectivity index (χ1n) is 9.19. The molecule has 29 heavy (non-hydrogen) atoms. The first-order valence-corrected chi connectivity index (χ1v) is 9.95. The van der Waals surface area contributed by atoms with Crippen molar-refractivity contribution in [1.29, 1.82) is 0 Å². The van der Waals surface area contributed by atoms with E-state index in [1.807, 2.05) is 49.4 Å². The van der Waals surface area contributed by atoms with Crippen LogP contribution in [0.2, 0.25) is 5.02 Å². The third kappa shape index (κ3) is 4.87. The predicted octanol–water partition coefficient (Wildman–Crippen LogP) is 4.51. The summed E-state index contributed by atoms with van der Waals surface area (Å²) in [6.45, 7) is 3.10. The molecular formula is C22H24Cl2N2O3. The van der Waals surface area contributed by atoms with Crippen LogP contribution in [0.4, 0.5) is 0 Å². The van der Waals surface area contributed by atoms with E-state index in [1.165, 1.54) is 0 Å². The normalized spacial score (nSPS) is 16.7. The SMILES string of the molecule is COc1cc(CN2C(C)=CC(OCc3ccccc3CN)=C(Cl)C2O)ccc1Cl. The van der Waals surface area contributed by atoms with Crippen molar-refractivity contribution >= 4 is 23.2 Å². The average molecular weight is 435 g/mol. The fourth-order valence-electron chi connectivity index (χ4n) is 3.17. The van der Waals surface area contributed by atoms with Crippen LogP contribution in [0.3, 0.4) is 0 Å². The number of hydrogen-bond donors (Lipinski definition) is 2. The van der Waals surface area contributed by atoms with Crippen molar-refractivity contribution in [2.75, 3.05) is 7.11 Å². The minimum absolute atomic E-state index is 0.238. The summed E-state index contributed by atoms with van der Waals surface area (Å²) < 4.78 is 11.2. The molecule has 0 spiro atoms. The maximum Gasteiger partial charge on any atom is 0.167 e. The summed E-state index contributed by atoms with van der Waals surface area (Å²) in [4.78, 5) is 1.78. The topological polar surface area (TPSA) is 68.0 Å². The maximum absolute atomic E-state index is 10.8. The number of aliphatic hydroxyl groups excluding tert-OH is 1. The summed E-state index contributed by atoms with van der Waals surface area (Å²) in [5.41, 5.74) is 9.55. The van der Waals surface area contributed by atoms with Gasteiger partial charge in [0.2, 0.25) is 0 Å². The summed E-state index contributed by atoms with van der Waals surface area (Å²) in [5, 5.41) is 11.5. The molecule has 3 N–H and O–H groups in total. The van der Waals surface area contributed by atoms with Gasteiger partial charge >= 0.3 is 0 Å². The third-order valence-corrected chi connectivity index (χ3v) is 5.53. The van der Waals surface area contributed by atoms with E-state index in [4.69, 9.17) is 38.4 Å². The summed E-state index contributed by atoms with van der Waals surface area (Å²) in [7, 11) is 1.57. The molecule has 154 valence electrons. The average Bonchev–Trinajstić information content (AvgIpc) is 2.74. The Bertz CT molecular complexity index is 943. The minimum atomic E-state index is -1.01. The van der Waals surface area contributed by atoms with Gasteiger partial charge in [-0.1, -0.05) is 53.5 Å². The van der Waals surface area contributed by atoms with E-state index in [-0.39, 0.29) is 5.03 Å². The van der Waals surface area contributed by atoms with Crippen molar-refractivity contribution < 1.29 is 14.6 Å². The molecule has 1 aliphatic heterocycles. The van der Waals surface area contributed by atoms with Crippen LogP contribution in [0, 0.1) is 0 Å². The second kappa shape index (κ2) is 9.55. The molecule has 1 unspecified atom stereocenters. The summed E-state index contributed by atoms with van der Waals surface area (Å²) in [6.07, 6.45) is 0.816. The Morgan fingerprint density at radius 2 is 1.86 bits per heavy atom. The molecule has 1 heterocycles. The Labute approximate surface area is 180 Å². The summed E-state index contributed by atoms with van der Waals surface area (Å²) in [5.74, 6) is 1.04. The molecule has 0 radical (unpaired) electrons. The molecule has 0 saturated heterocycles. The van der Waals surface area contributed by atoms with Gasteiger partial charge in [-0.25, -0.2) is 0 Å². The second-order valence-electron chi connectivity index (χ2n) is 6.73.